The summed E-state index contributed by atoms with van der Waals surface area (Å²) in [7, 11) is 0. The number of carbonyl (C=O) groups excluding carboxylic acids is 1. The molecule has 4 aromatic carbocycles. The first kappa shape index (κ1) is 47.7. The van der Waals surface area contributed by atoms with E-state index in [1.165, 1.54) is 95.2 Å². The lowest BCUT2D eigenvalue weighted by Crippen LogP contribution is -2.36. The first-order valence-electron chi connectivity index (χ1n) is 24.9. The van der Waals surface area contributed by atoms with Gasteiger partial charge >= 0.3 is 11.9 Å². The minimum atomic E-state index is -0.640. The fourth-order valence-corrected chi connectivity index (χ4v) is 10.9. The maximum atomic E-state index is 12.0. The van der Waals surface area contributed by atoms with Crippen molar-refractivity contribution < 1.29 is 19.4 Å². The van der Waals surface area contributed by atoms with E-state index in [0.717, 1.165) is 76.8 Å². The molecule has 4 aromatic rings. The minimum Gasteiger partial charge on any atom is -0.481 e. The molecule has 0 aromatic heterocycles. The maximum absolute atomic E-state index is 12.0. The van der Waals surface area contributed by atoms with E-state index in [4.69, 9.17) is 4.74 Å². The van der Waals surface area contributed by atoms with Gasteiger partial charge in [-0.3, -0.25) is 19.4 Å². The molecule has 0 spiro atoms. The predicted octanol–water partition coefficient (Wildman–Crippen LogP) is 14.0. The molecule has 0 atom stereocenters. The summed E-state index contributed by atoms with van der Waals surface area (Å²) in [5, 5.41) is 14.4. The molecule has 6 nitrogen and oxygen atoms in total. The van der Waals surface area contributed by atoms with Gasteiger partial charge < -0.3 is 9.84 Å². The predicted molar refractivity (Wildman–Crippen MR) is 267 cm³/mol. The van der Waals surface area contributed by atoms with E-state index >= 15 is 0 Å². The first-order valence-corrected chi connectivity index (χ1v) is 24.9. The molecule has 2 saturated carbocycles. The van der Waals surface area contributed by atoms with Gasteiger partial charge in [0.15, 0.2) is 0 Å². The number of carboxylic acids is 1. The van der Waals surface area contributed by atoms with Crippen LogP contribution in [0.5, 0.6) is 0 Å². The van der Waals surface area contributed by atoms with Crippen molar-refractivity contribution in [3.63, 3.8) is 0 Å². The van der Waals surface area contributed by atoms with Crippen LogP contribution in [0.1, 0.15) is 148 Å². The molecule has 6 heteroatoms. The van der Waals surface area contributed by atoms with Crippen LogP contribution in [0.2, 0.25) is 0 Å². The number of benzene rings is 4. The van der Waals surface area contributed by atoms with Crippen LogP contribution in [-0.4, -0.2) is 59.6 Å². The van der Waals surface area contributed by atoms with Crippen molar-refractivity contribution in [3.05, 3.63) is 106 Å². The zero-order chi connectivity index (χ0) is 45.4. The van der Waals surface area contributed by atoms with Gasteiger partial charge in [0.2, 0.25) is 0 Å². The lowest BCUT2D eigenvalue weighted by atomic mass is 9.71. The number of nitrogens with zero attached hydrogens (tertiary/aromatic N) is 2. The molecule has 0 amide bonds. The molecule has 2 heterocycles. The van der Waals surface area contributed by atoms with Gasteiger partial charge in [-0.15, -0.1) is 0 Å². The zero-order valence-electron chi connectivity index (χ0n) is 40.4. The fraction of sp³-hybridized carbons (Fsp3) is 0.552. The van der Waals surface area contributed by atoms with Crippen molar-refractivity contribution in [2.75, 3.05) is 32.8 Å². The monoisotopic (exact) mass is 867 g/mol. The largest absolute Gasteiger partial charge is 0.481 e. The highest BCUT2D eigenvalue weighted by Crippen LogP contribution is 2.41. The summed E-state index contributed by atoms with van der Waals surface area (Å²) in [6, 6.07) is 27.4. The van der Waals surface area contributed by atoms with Gasteiger partial charge in [-0.05, 0) is 201 Å². The van der Waals surface area contributed by atoms with Crippen LogP contribution in [-0.2, 0) is 27.4 Å². The number of carbonyl (C=O) groups is 2. The second-order valence-electron chi connectivity index (χ2n) is 22.0. The van der Waals surface area contributed by atoms with Crippen molar-refractivity contribution in [3.8, 4) is 0 Å². The Hall–Kier alpha value is -4.26. The van der Waals surface area contributed by atoms with Crippen LogP contribution in [0.4, 0.5) is 0 Å². The Balaban J connectivity index is 0.000000192. The Morgan fingerprint density at radius 1 is 0.562 bits per heavy atom. The van der Waals surface area contributed by atoms with Crippen LogP contribution in [0.25, 0.3) is 33.7 Å². The van der Waals surface area contributed by atoms with E-state index in [9.17, 15) is 14.7 Å². The highest BCUT2D eigenvalue weighted by Gasteiger charge is 2.29. The number of aliphatic carboxylic acids is 1. The molecule has 2 aliphatic heterocycles. The number of ether oxygens (including phenoxy) is 1. The maximum Gasteiger partial charge on any atom is 0.309 e. The third-order valence-electron chi connectivity index (χ3n) is 15.3. The van der Waals surface area contributed by atoms with Crippen molar-refractivity contribution in [2.45, 2.75) is 139 Å². The third-order valence-corrected chi connectivity index (χ3v) is 15.3. The molecule has 2 saturated heterocycles. The van der Waals surface area contributed by atoms with Crippen LogP contribution in [0.15, 0.2) is 83.9 Å². The topological polar surface area (TPSA) is 70.1 Å². The SMILES string of the molecule is CC(C)(C)C1CCC(=Cc2ccc3cc(CN4CCC(C(=O)O)CC4)ccc3c2)CC1.CCOC(=O)C1CCN(Cc2ccc3cc(C=C4CCC(C(C)(C)C)CC4)ccc3c2)CC1. The molecule has 0 bridgehead atoms. The summed E-state index contributed by atoms with van der Waals surface area (Å²) < 4.78 is 5.20. The number of allylic oxidation sites excluding steroid dienone is 2. The summed E-state index contributed by atoms with van der Waals surface area (Å²) in [4.78, 5) is 28.0. The Morgan fingerprint density at radius 2 is 0.938 bits per heavy atom. The summed E-state index contributed by atoms with van der Waals surface area (Å²) in [6.45, 7) is 22.2. The number of esters is 1. The van der Waals surface area contributed by atoms with Crippen molar-refractivity contribution in [1.82, 2.24) is 9.80 Å². The Kier molecular flexibility index (Phi) is 15.9. The van der Waals surface area contributed by atoms with E-state index < -0.39 is 5.97 Å². The number of likely N-dealkylation sites (tertiary alicyclic amines) is 2. The molecule has 1 N–H and O–H groups in total. The number of fused-ring (bicyclic) bond motifs is 2. The van der Waals surface area contributed by atoms with E-state index in [0.29, 0.717) is 17.4 Å². The number of hydrogen-bond donors (Lipinski definition) is 1. The van der Waals surface area contributed by atoms with Crippen LogP contribution >= 0.6 is 0 Å². The molecule has 4 fully saturated rings. The van der Waals surface area contributed by atoms with Gasteiger partial charge in [-0.25, -0.2) is 0 Å². The zero-order valence-corrected chi connectivity index (χ0v) is 40.4. The molecular weight excluding hydrogens is 789 g/mol. The van der Waals surface area contributed by atoms with Crippen LogP contribution < -0.4 is 0 Å². The molecule has 2 aliphatic carbocycles. The molecular formula is C58H78N2O4. The molecule has 344 valence electrons. The van der Waals surface area contributed by atoms with Crippen molar-refractivity contribution >= 4 is 45.6 Å². The van der Waals surface area contributed by atoms with E-state index in [1.54, 1.807) is 11.1 Å². The van der Waals surface area contributed by atoms with E-state index in [-0.39, 0.29) is 17.8 Å². The average Bonchev–Trinajstić information content (AvgIpc) is 3.27. The smallest absolute Gasteiger partial charge is 0.309 e. The normalized spacial score (nSPS) is 21.0. The second-order valence-corrected chi connectivity index (χ2v) is 22.0. The Bertz CT molecular complexity index is 2260. The van der Waals surface area contributed by atoms with Crippen molar-refractivity contribution in [2.24, 2.45) is 34.5 Å². The number of carboxylic acid groups (broad SMARTS) is 1. The summed E-state index contributed by atoms with van der Waals surface area (Å²) in [5.41, 5.74) is 9.39. The van der Waals surface area contributed by atoms with Gasteiger partial charge in [-0.1, -0.05) is 113 Å². The highest BCUT2D eigenvalue weighted by molar-refractivity contribution is 5.86. The summed E-state index contributed by atoms with van der Waals surface area (Å²) in [5.74, 6) is 0.947. The first-order chi connectivity index (χ1) is 30.6. The van der Waals surface area contributed by atoms with Gasteiger partial charge in [0.1, 0.15) is 0 Å². The molecule has 8 rings (SSSR count). The molecule has 64 heavy (non-hydrogen) atoms. The Labute approximate surface area is 385 Å². The molecule has 4 aliphatic rings. The molecule has 0 radical (unpaired) electrons. The van der Waals surface area contributed by atoms with Gasteiger partial charge in [-0.2, -0.15) is 0 Å². The van der Waals surface area contributed by atoms with E-state index in [2.05, 4.69) is 136 Å². The lowest BCUT2D eigenvalue weighted by Gasteiger charge is -2.34. The standard InChI is InChI=1S/C30H41NO2.C28H37NO2/c1-5-33-29(32)25-14-16-31(17-15-25)21-24-7-11-26-19-23(6-10-27(26)20-24)18-22-8-12-28(13-9-22)30(2,3)4;1-28(2,3)26-10-6-20(7-11-26)16-21-4-8-25-18-22(5-9-24(25)17-21)19-29-14-12-23(13-15-29)27(30)31/h6-7,10-11,18-20,25,28H,5,8-9,12-17,21H2,1-4H3;4-5,8-9,16-18,23,26H,6-7,10-15,19H2,1-3H3,(H,30,31). The van der Waals surface area contributed by atoms with Crippen LogP contribution in [0.3, 0.4) is 0 Å². The second kappa shape index (κ2) is 21.4. The van der Waals surface area contributed by atoms with E-state index in [1.807, 2.05) is 6.92 Å². The quantitative estimate of drug-likeness (QED) is 0.169. The summed E-state index contributed by atoms with van der Waals surface area (Å²) in [6.07, 6.45) is 18.4. The average molecular weight is 867 g/mol. The number of rotatable bonds is 9. The lowest BCUT2D eigenvalue weighted by molar-refractivity contribution is -0.149. The fourth-order valence-electron chi connectivity index (χ4n) is 10.9. The highest BCUT2D eigenvalue weighted by atomic mass is 16.5. The Morgan fingerprint density at radius 3 is 1.31 bits per heavy atom. The number of piperidine rings is 2. The van der Waals surface area contributed by atoms with Gasteiger partial charge in [0, 0.05) is 13.1 Å². The third kappa shape index (κ3) is 13.2. The van der Waals surface area contributed by atoms with Gasteiger partial charge in [0.25, 0.3) is 0 Å². The number of hydrogen-bond acceptors (Lipinski definition) is 5. The summed E-state index contributed by atoms with van der Waals surface area (Å²) >= 11 is 0. The van der Waals surface area contributed by atoms with Crippen LogP contribution in [0, 0.1) is 34.5 Å². The minimum absolute atomic E-state index is 0.0177. The van der Waals surface area contributed by atoms with Gasteiger partial charge in [0.05, 0.1) is 18.4 Å². The van der Waals surface area contributed by atoms with Crippen molar-refractivity contribution in [1.29, 1.82) is 0 Å². The molecule has 0 unspecified atom stereocenters.